The molecular formula is C14H25N5O. The normalized spacial score (nSPS) is 10.6. The van der Waals surface area contributed by atoms with Gasteiger partial charge in [0.15, 0.2) is 5.82 Å². The lowest BCUT2D eigenvalue weighted by Crippen LogP contribution is -2.29. The molecule has 1 aromatic heterocycles. The number of aromatic nitrogens is 2. The number of hydrogen-bond acceptors (Lipinski definition) is 5. The van der Waals surface area contributed by atoms with Gasteiger partial charge in [0.2, 0.25) is 0 Å². The number of anilines is 1. The Morgan fingerprint density at radius 2 is 1.95 bits per heavy atom. The SMILES string of the molecule is CCOCCN(C)c1nnc(CC)c(CC)c1C(=N)N. The van der Waals surface area contributed by atoms with Gasteiger partial charge in [0.05, 0.1) is 17.9 Å². The Kier molecular flexibility index (Phi) is 6.38. The van der Waals surface area contributed by atoms with Gasteiger partial charge in [-0.2, -0.15) is 5.10 Å². The van der Waals surface area contributed by atoms with Gasteiger partial charge in [-0.1, -0.05) is 13.8 Å². The van der Waals surface area contributed by atoms with Gasteiger partial charge in [-0.25, -0.2) is 0 Å². The molecule has 1 aromatic rings. The first-order chi connectivity index (χ1) is 9.56. The van der Waals surface area contributed by atoms with E-state index in [0.717, 1.165) is 24.1 Å². The second kappa shape index (κ2) is 7.79. The summed E-state index contributed by atoms with van der Waals surface area (Å²) in [5.41, 5.74) is 8.41. The summed E-state index contributed by atoms with van der Waals surface area (Å²) in [5, 5.41) is 16.4. The van der Waals surface area contributed by atoms with E-state index in [9.17, 15) is 0 Å². The molecule has 0 amide bonds. The van der Waals surface area contributed by atoms with Crippen molar-refractivity contribution >= 4 is 11.7 Å². The van der Waals surface area contributed by atoms with Gasteiger partial charge in [0.1, 0.15) is 5.84 Å². The van der Waals surface area contributed by atoms with Crippen molar-refractivity contribution in [3.63, 3.8) is 0 Å². The number of nitrogen functional groups attached to an aromatic ring is 1. The van der Waals surface area contributed by atoms with E-state index in [2.05, 4.69) is 10.2 Å². The standard InChI is InChI=1S/C14H25N5O/c1-5-10-11(6-2)17-18-14(12(10)13(15)16)19(4)8-9-20-7-3/h5-9H2,1-4H3,(H3,15,16). The van der Waals surface area contributed by atoms with Crippen LogP contribution in [0.2, 0.25) is 0 Å². The summed E-state index contributed by atoms with van der Waals surface area (Å²) in [7, 11) is 1.92. The van der Waals surface area contributed by atoms with E-state index < -0.39 is 0 Å². The summed E-state index contributed by atoms with van der Waals surface area (Å²) in [6.07, 6.45) is 1.58. The Morgan fingerprint density at radius 3 is 2.45 bits per heavy atom. The molecule has 0 bridgehead atoms. The van der Waals surface area contributed by atoms with E-state index in [-0.39, 0.29) is 5.84 Å². The van der Waals surface area contributed by atoms with Gasteiger partial charge in [-0.3, -0.25) is 5.41 Å². The molecule has 20 heavy (non-hydrogen) atoms. The molecule has 0 atom stereocenters. The maximum absolute atomic E-state index is 7.85. The third-order valence-electron chi connectivity index (χ3n) is 3.23. The van der Waals surface area contributed by atoms with Crippen molar-refractivity contribution in [3.05, 3.63) is 16.8 Å². The molecule has 0 aliphatic rings. The number of nitrogens with one attached hydrogen (secondary N) is 1. The smallest absolute Gasteiger partial charge is 0.162 e. The molecule has 0 saturated heterocycles. The van der Waals surface area contributed by atoms with E-state index in [1.54, 1.807) is 0 Å². The summed E-state index contributed by atoms with van der Waals surface area (Å²) in [6.45, 7) is 8.04. The minimum atomic E-state index is 0.0460. The molecule has 3 N–H and O–H groups in total. The molecule has 6 nitrogen and oxygen atoms in total. The lowest BCUT2D eigenvalue weighted by atomic mass is 10.0. The fourth-order valence-corrected chi connectivity index (χ4v) is 2.16. The molecule has 0 radical (unpaired) electrons. The van der Waals surface area contributed by atoms with E-state index in [1.165, 1.54) is 0 Å². The van der Waals surface area contributed by atoms with Crippen LogP contribution in [-0.2, 0) is 17.6 Å². The van der Waals surface area contributed by atoms with E-state index in [0.29, 0.717) is 31.1 Å². The Balaban J connectivity index is 3.15. The maximum atomic E-state index is 7.85. The quantitative estimate of drug-likeness (QED) is 0.426. The van der Waals surface area contributed by atoms with Gasteiger partial charge in [0, 0.05) is 20.2 Å². The topological polar surface area (TPSA) is 88.1 Å². The van der Waals surface area contributed by atoms with Crippen molar-refractivity contribution in [2.24, 2.45) is 5.73 Å². The van der Waals surface area contributed by atoms with Gasteiger partial charge < -0.3 is 15.4 Å². The van der Waals surface area contributed by atoms with Crippen LogP contribution in [-0.4, -0.2) is 42.8 Å². The highest BCUT2D eigenvalue weighted by molar-refractivity contribution is 6.01. The Bertz CT molecular complexity index is 461. The fourth-order valence-electron chi connectivity index (χ4n) is 2.16. The first kappa shape index (κ1) is 16.4. The number of rotatable bonds is 8. The highest BCUT2D eigenvalue weighted by Gasteiger charge is 2.19. The molecule has 6 heteroatoms. The van der Waals surface area contributed by atoms with Gasteiger partial charge >= 0.3 is 0 Å². The molecule has 0 aromatic carbocycles. The molecule has 0 aliphatic heterocycles. The van der Waals surface area contributed by atoms with Crippen molar-refractivity contribution < 1.29 is 4.74 Å². The molecule has 0 fully saturated rings. The first-order valence-electron chi connectivity index (χ1n) is 7.08. The highest BCUT2D eigenvalue weighted by atomic mass is 16.5. The summed E-state index contributed by atoms with van der Waals surface area (Å²) >= 11 is 0. The molecule has 112 valence electrons. The summed E-state index contributed by atoms with van der Waals surface area (Å²) < 4.78 is 5.35. The highest BCUT2D eigenvalue weighted by Crippen LogP contribution is 2.22. The third kappa shape index (κ3) is 3.66. The zero-order valence-electron chi connectivity index (χ0n) is 12.9. The maximum Gasteiger partial charge on any atom is 0.162 e. The van der Waals surface area contributed by atoms with Crippen molar-refractivity contribution in [2.75, 3.05) is 31.7 Å². The summed E-state index contributed by atoms with van der Waals surface area (Å²) in [6, 6.07) is 0. The number of hydrogen-bond donors (Lipinski definition) is 2. The van der Waals surface area contributed by atoms with Crippen molar-refractivity contribution in [2.45, 2.75) is 33.6 Å². The lowest BCUT2D eigenvalue weighted by Gasteiger charge is -2.22. The second-order valence-corrected chi connectivity index (χ2v) is 4.56. The number of nitrogens with zero attached hydrogens (tertiary/aromatic N) is 3. The molecule has 0 spiro atoms. The predicted octanol–water partition coefficient (Wildman–Crippen LogP) is 1.36. The van der Waals surface area contributed by atoms with Crippen molar-refractivity contribution in [1.29, 1.82) is 5.41 Å². The van der Waals surface area contributed by atoms with Crippen LogP contribution in [0.5, 0.6) is 0 Å². The van der Waals surface area contributed by atoms with Crippen LogP contribution in [0.15, 0.2) is 0 Å². The van der Waals surface area contributed by atoms with Crippen LogP contribution in [0.25, 0.3) is 0 Å². The minimum absolute atomic E-state index is 0.0460. The molecule has 0 aliphatic carbocycles. The van der Waals surface area contributed by atoms with Gasteiger partial charge in [-0.05, 0) is 25.3 Å². The monoisotopic (exact) mass is 279 g/mol. The largest absolute Gasteiger partial charge is 0.384 e. The molecule has 0 unspecified atom stereocenters. The van der Waals surface area contributed by atoms with E-state index in [1.807, 2.05) is 32.7 Å². The van der Waals surface area contributed by atoms with Crippen LogP contribution in [0, 0.1) is 5.41 Å². The van der Waals surface area contributed by atoms with Crippen LogP contribution in [0.3, 0.4) is 0 Å². The fraction of sp³-hybridized carbons (Fsp3) is 0.643. The summed E-state index contributed by atoms with van der Waals surface area (Å²) in [4.78, 5) is 1.94. The zero-order chi connectivity index (χ0) is 15.1. The van der Waals surface area contributed by atoms with E-state index >= 15 is 0 Å². The van der Waals surface area contributed by atoms with Crippen LogP contribution in [0.4, 0.5) is 5.82 Å². The third-order valence-corrected chi connectivity index (χ3v) is 3.23. The predicted molar refractivity (Wildman–Crippen MR) is 81.6 cm³/mol. The number of likely N-dealkylation sites (N-methyl/N-ethyl adjacent to an activating group) is 1. The van der Waals surface area contributed by atoms with Crippen LogP contribution in [0.1, 0.15) is 37.6 Å². The Labute approximate surface area is 120 Å². The number of aryl methyl sites for hydroxylation is 1. The Morgan fingerprint density at radius 1 is 1.25 bits per heavy atom. The number of nitrogens with two attached hydrogens (primary N) is 1. The minimum Gasteiger partial charge on any atom is -0.384 e. The molecule has 0 saturated carbocycles. The van der Waals surface area contributed by atoms with Gasteiger partial charge in [-0.15, -0.1) is 5.10 Å². The summed E-state index contributed by atoms with van der Waals surface area (Å²) in [5.74, 6) is 0.705. The average molecular weight is 279 g/mol. The lowest BCUT2D eigenvalue weighted by molar-refractivity contribution is 0.154. The average Bonchev–Trinajstić information content (AvgIpc) is 2.45. The van der Waals surface area contributed by atoms with E-state index in [4.69, 9.17) is 15.9 Å². The molecule has 1 rings (SSSR count). The van der Waals surface area contributed by atoms with Crippen molar-refractivity contribution in [1.82, 2.24) is 10.2 Å². The zero-order valence-corrected chi connectivity index (χ0v) is 12.9. The first-order valence-corrected chi connectivity index (χ1v) is 7.08. The Hall–Kier alpha value is -1.69. The van der Waals surface area contributed by atoms with Crippen LogP contribution >= 0.6 is 0 Å². The van der Waals surface area contributed by atoms with Gasteiger partial charge in [0.25, 0.3) is 0 Å². The van der Waals surface area contributed by atoms with Crippen LogP contribution < -0.4 is 10.6 Å². The number of ether oxygens (including phenoxy) is 1. The van der Waals surface area contributed by atoms with Crippen molar-refractivity contribution in [3.8, 4) is 0 Å². The number of amidine groups is 1. The second-order valence-electron chi connectivity index (χ2n) is 4.56. The molecule has 1 heterocycles. The molecular weight excluding hydrogens is 254 g/mol.